The molecule has 0 aliphatic heterocycles. The Morgan fingerprint density at radius 2 is 1.89 bits per heavy atom. The van der Waals surface area contributed by atoms with E-state index in [0.29, 0.717) is 18.5 Å². The standard InChI is InChI=1S/C22H18FN3O/c23-18-9-4-8-17(14-18)22(16-6-2-1-3-7-16)11-10-19-20(15-22)26(12-5-13-27)25-21(19)24/h1-14H,15H2,(H2,24,25). The van der Waals surface area contributed by atoms with Crippen molar-refractivity contribution >= 4 is 24.4 Å². The Morgan fingerprint density at radius 3 is 2.63 bits per heavy atom. The van der Waals surface area contributed by atoms with Crippen LogP contribution in [0.3, 0.4) is 0 Å². The fraction of sp³-hybridized carbons (Fsp3) is 0.0909. The van der Waals surface area contributed by atoms with Crippen LogP contribution in [0, 0.1) is 5.82 Å². The number of fused-ring (bicyclic) bond motifs is 1. The molecular weight excluding hydrogens is 341 g/mol. The van der Waals surface area contributed by atoms with Crippen LogP contribution >= 0.6 is 0 Å². The molecule has 27 heavy (non-hydrogen) atoms. The minimum Gasteiger partial charge on any atom is -0.382 e. The average Bonchev–Trinajstić information content (AvgIpc) is 3.01. The van der Waals surface area contributed by atoms with Gasteiger partial charge in [-0.15, -0.1) is 0 Å². The van der Waals surface area contributed by atoms with Crippen molar-refractivity contribution < 1.29 is 9.18 Å². The lowest BCUT2D eigenvalue weighted by Gasteiger charge is -2.35. The van der Waals surface area contributed by atoms with E-state index in [4.69, 9.17) is 5.73 Å². The molecule has 0 saturated carbocycles. The van der Waals surface area contributed by atoms with Gasteiger partial charge in [0.05, 0.1) is 5.69 Å². The van der Waals surface area contributed by atoms with E-state index in [2.05, 4.69) is 11.2 Å². The third kappa shape index (κ3) is 2.87. The minimum absolute atomic E-state index is 0.282. The first-order valence-electron chi connectivity index (χ1n) is 8.64. The highest BCUT2D eigenvalue weighted by molar-refractivity contribution is 5.73. The van der Waals surface area contributed by atoms with Gasteiger partial charge in [-0.3, -0.25) is 4.79 Å². The largest absolute Gasteiger partial charge is 0.382 e. The molecule has 1 heterocycles. The SMILES string of the molecule is Nc1nn(C=CC=O)c2c1C=CC(c1ccccc1)(c1cccc(F)c1)C2. The molecule has 1 aliphatic carbocycles. The third-order valence-electron chi connectivity index (χ3n) is 4.99. The molecule has 2 aromatic carbocycles. The summed E-state index contributed by atoms with van der Waals surface area (Å²) in [7, 11) is 0. The Hall–Kier alpha value is -3.47. The molecule has 0 amide bonds. The molecule has 1 aliphatic rings. The monoisotopic (exact) mass is 359 g/mol. The number of aldehydes is 1. The van der Waals surface area contributed by atoms with Gasteiger partial charge in [-0.2, -0.15) is 5.10 Å². The maximum absolute atomic E-state index is 14.0. The zero-order valence-electron chi connectivity index (χ0n) is 14.5. The molecular formula is C22H18FN3O. The van der Waals surface area contributed by atoms with Gasteiger partial charge in [0.25, 0.3) is 0 Å². The molecule has 1 unspecified atom stereocenters. The average molecular weight is 359 g/mol. The number of rotatable bonds is 4. The third-order valence-corrected chi connectivity index (χ3v) is 4.99. The van der Waals surface area contributed by atoms with Gasteiger partial charge in [0, 0.05) is 23.6 Å². The summed E-state index contributed by atoms with van der Waals surface area (Å²) in [6.45, 7) is 0. The van der Waals surface area contributed by atoms with Crippen LogP contribution in [0.1, 0.15) is 22.4 Å². The summed E-state index contributed by atoms with van der Waals surface area (Å²) in [4.78, 5) is 10.7. The van der Waals surface area contributed by atoms with Crippen molar-refractivity contribution in [3.05, 3.63) is 95.0 Å². The number of carbonyl (C=O) groups is 1. The molecule has 3 aromatic rings. The lowest BCUT2D eigenvalue weighted by atomic mass is 9.68. The lowest BCUT2D eigenvalue weighted by molar-refractivity contribution is -0.104. The van der Waals surface area contributed by atoms with Gasteiger partial charge in [-0.05, 0) is 29.3 Å². The fourth-order valence-electron chi connectivity index (χ4n) is 3.71. The number of anilines is 1. The van der Waals surface area contributed by atoms with Gasteiger partial charge < -0.3 is 5.73 Å². The van der Waals surface area contributed by atoms with Crippen molar-refractivity contribution in [1.82, 2.24) is 9.78 Å². The first-order chi connectivity index (χ1) is 13.1. The van der Waals surface area contributed by atoms with Crippen LogP contribution in [-0.4, -0.2) is 16.1 Å². The lowest BCUT2D eigenvalue weighted by Crippen LogP contribution is -2.31. The van der Waals surface area contributed by atoms with E-state index in [1.165, 1.54) is 12.1 Å². The van der Waals surface area contributed by atoms with E-state index < -0.39 is 5.41 Å². The number of hydrogen-bond donors (Lipinski definition) is 1. The maximum Gasteiger partial charge on any atom is 0.153 e. The highest BCUT2D eigenvalue weighted by Crippen LogP contribution is 2.42. The van der Waals surface area contributed by atoms with E-state index in [9.17, 15) is 9.18 Å². The van der Waals surface area contributed by atoms with Crippen molar-refractivity contribution in [3.63, 3.8) is 0 Å². The van der Waals surface area contributed by atoms with Crippen LogP contribution in [0.15, 0.2) is 66.7 Å². The Balaban J connectivity index is 1.93. The van der Waals surface area contributed by atoms with Gasteiger partial charge in [0.15, 0.2) is 5.82 Å². The fourth-order valence-corrected chi connectivity index (χ4v) is 3.71. The van der Waals surface area contributed by atoms with Crippen LogP contribution in [0.4, 0.5) is 10.2 Å². The molecule has 2 N–H and O–H groups in total. The van der Waals surface area contributed by atoms with Crippen LogP contribution in [0.2, 0.25) is 0 Å². The van der Waals surface area contributed by atoms with Crippen molar-refractivity contribution in [2.45, 2.75) is 11.8 Å². The first-order valence-corrected chi connectivity index (χ1v) is 8.64. The molecule has 0 spiro atoms. The highest BCUT2D eigenvalue weighted by atomic mass is 19.1. The second-order valence-corrected chi connectivity index (χ2v) is 6.53. The number of carbonyl (C=O) groups excluding carboxylic acids is 1. The number of nitrogens with zero attached hydrogens (tertiary/aromatic N) is 2. The minimum atomic E-state index is -0.560. The van der Waals surface area contributed by atoms with Crippen LogP contribution < -0.4 is 5.73 Å². The molecule has 1 atom stereocenters. The van der Waals surface area contributed by atoms with Gasteiger partial charge in [0.1, 0.15) is 12.1 Å². The molecule has 0 bridgehead atoms. The molecule has 1 aromatic heterocycles. The van der Waals surface area contributed by atoms with E-state index in [1.54, 1.807) is 23.0 Å². The number of aromatic nitrogens is 2. The first kappa shape index (κ1) is 17.0. The Morgan fingerprint density at radius 1 is 1.11 bits per heavy atom. The second kappa shape index (κ2) is 6.68. The van der Waals surface area contributed by atoms with Gasteiger partial charge >= 0.3 is 0 Å². The zero-order chi connectivity index (χ0) is 18.9. The molecule has 4 rings (SSSR count). The zero-order valence-corrected chi connectivity index (χ0v) is 14.5. The quantitative estimate of drug-likeness (QED) is 0.569. The molecule has 5 heteroatoms. The predicted molar refractivity (Wildman–Crippen MR) is 104 cm³/mol. The van der Waals surface area contributed by atoms with Crippen LogP contribution in [0.5, 0.6) is 0 Å². The van der Waals surface area contributed by atoms with Gasteiger partial charge in [0.2, 0.25) is 0 Å². The molecule has 0 radical (unpaired) electrons. The summed E-state index contributed by atoms with van der Waals surface area (Å²) < 4.78 is 15.7. The molecule has 0 saturated heterocycles. The number of benzene rings is 2. The maximum atomic E-state index is 14.0. The number of nitrogen functional groups attached to an aromatic ring is 1. The van der Waals surface area contributed by atoms with E-state index >= 15 is 0 Å². The summed E-state index contributed by atoms with van der Waals surface area (Å²) in [5, 5.41) is 4.32. The van der Waals surface area contributed by atoms with E-state index in [0.717, 1.165) is 22.4 Å². The van der Waals surface area contributed by atoms with E-state index in [1.807, 2.05) is 42.5 Å². The predicted octanol–water partition coefficient (Wildman–Crippen LogP) is 3.83. The van der Waals surface area contributed by atoms with Crippen LogP contribution in [0.25, 0.3) is 12.3 Å². The number of allylic oxidation sites excluding steroid dienone is 2. The summed E-state index contributed by atoms with van der Waals surface area (Å²) in [5.41, 5.74) is 9.10. The van der Waals surface area contributed by atoms with Crippen molar-refractivity contribution in [1.29, 1.82) is 0 Å². The molecule has 0 fully saturated rings. The summed E-state index contributed by atoms with van der Waals surface area (Å²) in [6, 6.07) is 16.6. The highest BCUT2D eigenvalue weighted by Gasteiger charge is 2.37. The topological polar surface area (TPSA) is 60.9 Å². The Kier molecular flexibility index (Phi) is 4.20. The summed E-state index contributed by atoms with van der Waals surface area (Å²) >= 11 is 0. The smallest absolute Gasteiger partial charge is 0.153 e. The molecule has 4 nitrogen and oxygen atoms in total. The van der Waals surface area contributed by atoms with Gasteiger partial charge in [-0.25, -0.2) is 9.07 Å². The van der Waals surface area contributed by atoms with Gasteiger partial charge in [-0.1, -0.05) is 54.6 Å². The molecule has 134 valence electrons. The normalized spacial score (nSPS) is 18.6. The summed E-state index contributed by atoms with van der Waals surface area (Å²) in [6.07, 6.45) is 8.19. The second-order valence-electron chi connectivity index (χ2n) is 6.53. The Labute approximate surface area is 156 Å². The number of nitrogens with two attached hydrogens (primary N) is 1. The number of halogens is 1. The van der Waals surface area contributed by atoms with Crippen molar-refractivity contribution in [2.24, 2.45) is 0 Å². The summed E-state index contributed by atoms with van der Waals surface area (Å²) in [5.74, 6) is 0.119. The van der Waals surface area contributed by atoms with Crippen LogP contribution in [-0.2, 0) is 16.6 Å². The van der Waals surface area contributed by atoms with Crippen molar-refractivity contribution in [2.75, 3.05) is 5.73 Å². The van der Waals surface area contributed by atoms with Crippen molar-refractivity contribution in [3.8, 4) is 0 Å². The Bertz CT molecular complexity index is 1050. The van der Waals surface area contributed by atoms with E-state index in [-0.39, 0.29) is 5.82 Å². The number of hydrogen-bond acceptors (Lipinski definition) is 3.